The number of allylic oxidation sites excluding steroid dienone is 4. The molecule has 0 amide bonds. The van der Waals surface area contributed by atoms with Gasteiger partial charge in [0.1, 0.15) is 5.75 Å². The molecule has 0 aromatic heterocycles. The van der Waals surface area contributed by atoms with E-state index in [1.54, 1.807) is 11.1 Å². The molecule has 1 aromatic carbocycles. The highest BCUT2D eigenvalue weighted by Crippen LogP contribution is 2.50. The fourth-order valence-corrected chi connectivity index (χ4v) is 7.58. The second-order valence-electron chi connectivity index (χ2n) is 13.7. The zero-order chi connectivity index (χ0) is 34.5. The van der Waals surface area contributed by atoms with Crippen molar-refractivity contribution in [2.75, 3.05) is 24.6 Å². The molecule has 1 fully saturated rings. The van der Waals surface area contributed by atoms with Crippen LogP contribution in [0.3, 0.4) is 0 Å². The van der Waals surface area contributed by atoms with Gasteiger partial charge in [-0.25, -0.2) is 0 Å². The summed E-state index contributed by atoms with van der Waals surface area (Å²) in [5, 5.41) is 0. The number of anilines is 1. The topological polar surface area (TPSA) is 12.5 Å². The number of hydrogen-bond donors (Lipinski definition) is 0. The molecule has 1 aromatic rings. The lowest BCUT2D eigenvalue weighted by molar-refractivity contribution is 0.150. The summed E-state index contributed by atoms with van der Waals surface area (Å²) in [5.74, 6) is 3.49. The van der Waals surface area contributed by atoms with Crippen molar-refractivity contribution in [3.63, 3.8) is 0 Å². The van der Waals surface area contributed by atoms with Crippen molar-refractivity contribution in [3.05, 3.63) is 53.6 Å². The van der Waals surface area contributed by atoms with E-state index in [1.807, 2.05) is 41.5 Å². The highest BCUT2D eigenvalue weighted by molar-refractivity contribution is 5.71. The van der Waals surface area contributed by atoms with E-state index >= 15 is 0 Å². The van der Waals surface area contributed by atoms with Gasteiger partial charge in [0.2, 0.25) is 0 Å². The first-order valence-corrected chi connectivity index (χ1v) is 20.0. The Morgan fingerprint density at radius 1 is 0.935 bits per heavy atom. The number of unbranched alkanes of at least 4 members (excludes halogenated alkanes) is 5. The second kappa shape index (κ2) is 23.4. The molecule has 46 heavy (non-hydrogen) atoms. The number of ether oxygens (including phenoxy) is 1. The minimum absolute atomic E-state index is 0.116. The van der Waals surface area contributed by atoms with Crippen molar-refractivity contribution in [1.29, 1.82) is 0 Å². The lowest BCUT2D eigenvalue weighted by Gasteiger charge is -2.46. The molecule has 2 heteroatoms. The molecule has 0 N–H and O–H groups in total. The summed E-state index contributed by atoms with van der Waals surface area (Å²) in [6.07, 6.45) is 24.0. The Kier molecular flexibility index (Phi) is 21.4. The third kappa shape index (κ3) is 11.9. The van der Waals surface area contributed by atoms with Gasteiger partial charge in [-0.05, 0) is 86.5 Å². The van der Waals surface area contributed by atoms with E-state index in [0.29, 0.717) is 5.92 Å². The van der Waals surface area contributed by atoms with E-state index in [0.717, 1.165) is 36.3 Å². The minimum Gasteiger partial charge on any atom is -0.490 e. The molecule has 4 aliphatic rings. The molecule has 4 unspecified atom stereocenters. The predicted molar refractivity (Wildman–Crippen MR) is 209 cm³/mol. The van der Waals surface area contributed by atoms with Gasteiger partial charge >= 0.3 is 0 Å². The largest absolute Gasteiger partial charge is 0.490 e. The van der Waals surface area contributed by atoms with Crippen molar-refractivity contribution in [3.8, 4) is 5.75 Å². The SMILES string of the molecule is C=C(C)c1ccc2c(c1)N(CC1CCC1CCCCCCCC)CC1(CCCC3=C1C=CC(C)C3)CO2.CC.CC.CC.CCC. The molecular formula is C44H77NO. The van der Waals surface area contributed by atoms with Gasteiger partial charge in [0.05, 0.1) is 12.3 Å². The van der Waals surface area contributed by atoms with E-state index < -0.39 is 0 Å². The Bertz CT molecular complexity index is 1030. The summed E-state index contributed by atoms with van der Waals surface area (Å²) in [7, 11) is 0. The number of fused-ring (bicyclic) bond motifs is 2. The van der Waals surface area contributed by atoms with Gasteiger partial charge in [-0.15, -0.1) is 0 Å². The van der Waals surface area contributed by atoms with Crippen LogP contribution in [0.4, 0.5) is 5.69 Å². The summed E-state index contributed by atoms with van der Waals surface area (Å²) < 4.78 is 6.71. The Morgan fingerprint density at radius 2 is 1.59 bits per heavy atom. The molecule has 2 nitrogen and oxygen atoms in total. The average molecular weight is 636 g/mol. The van der Waals surface area contributed by atoms with Crippen molar-refractivity contribution >= 4 is 11.3 Å². The first-order chi connectivity index (χ1) is 22.4. The Morgan fingerprint density at radius 3 is 2.22 bits per heavy atom. The second-order valence-corrected chi connectivity index (χ2v) is 13.7. The van der Waals surface area contributed by atoms with Crippen LogP contribution in [0.25, 0.3) is 5.57 Å². The average Bonchev–Trinajstić information content (AvgIpc) is 3.22. The first kappa shape index (κ1) is 42.1. The maximum Gasteiger partial charge on any atom is 0.142 e. The molecular weight excluding hydrogens is 558 g/mol. The summed E-state index contributed by atoms with van der Waals surface area (Å²) in [6, 6.07) is 6.79. The standard InChI is InChI=1S/C35H51NO.C3H8.3C2H6/c1-5-6-7-8-9-10-12-28-15-16-31(28)23-36-24-35(20-11-13-30-21-27(4)14-18-32(30)35)25-37-34-19-17-29(26(2)3)22-33(34)36;1-3-2;3*1-2/h14,17-19,22,27-28,31H,2,5-13,15-16,20-21,23-25H2,1,3-4H3;3H2,1-2H3;3*1-2H3. The fourth-order valence-electron chi connectivity index (χ4n) is 7.58. The maximum absolute atomic E-state index is 6.71. The molecule has 1 spiro atoms. The zero-order valence-corrected chi connectivity index (χ0v) is 32.7. The van der Waals surface area contributed by atoms with Gasteiger partial charge in [0.15, 0.2) is 0 Å². The summed E-state index contributed by atoms with van der Waals surface area (Å²) >= 11 is 0. The van der Waals surface area contributed by atoms with Gasteiger partial charge in [-0.3, -0.25) is 0 Å². The molecule has 264 valence electrons. The highest BCUT2D eigenvalue weighted by Gasteiger charge is 2.44. The number of rotatable bonds is 10. The normalized spacial score (nSPS) is 24.0. The minimum atomic E-state index is 0.116. The fraction of sp³-hybridized carbons (Fsp3) is 0.727. The van der Waals surface area contributed by atoms with Crippen LogP contribution in [0.15, 0.2) is 48.1 Å². The molecule has 0 saturated heterocycles. The summed E-state index contributed by atoms with van der Waals surface area (Å²) in [6.45, 7) is 30.4. The Balaban J connectivity index is 0.00000107. The van der Waals surface area contributed by atoms with Crippen molar-refractivity contribution in [2.24, 2.45) is 23.2 Å². The van der Waals surface area contributed by atoms with Gasteiger partial charge in [0, 0.05) is 18.5 Å². The Labute approximate surface area is 288 Å². The van der Waals surface area contributed by atoms with Gasteiger partial charge in [-0.2, -0.15) is 0 Å². The maximum atomic E-state index is 6.71. The van der Waals surface area contributed by atoms with Gasteiger partial charge in [-0.1, -0.05) is 157 Å². The van der Waals surface area contributed by atoms with Crippen LogP contribution in [-0.4, -0.2) is 19.7 Å². The molecule has 0 radical (unpaired) electrons. The van der Waals surface area contributed by atoms with Crippen LogP contribution < -0.4 is 9.64 Å². The number of nitrogens with zero attached hydrogens (tertiary/aromatic N) is 1. The van der Waals surface area contributed by atoms with E-state index in [9.17, 15) is 0 Å². The third-order valence-electron chi connectivity index (χ3n) is 9.99. The number of benzene rings is 1. The number of hydrogen-bond acceptors (Lipinski definition) is 2. The molecule has 3 aliphatic carbocycles. The Hall–Kier alpha value is -1.96. The van der Waals surface area contributed by atoms with Crippen LogP contribution in [0.2, 0.25) is 0 Å². The lowest BCUT2D eigenvalue weighted by Crippen LogP contribution is -2.46. The van der Waals surface area contributed by atoms with E-state index in [2.05, 4.69) is 76.4 Å². The van der Waals surface area contributed by atoms with Crippen molar-refractivity contribution in [2.45, 2.75) is 166 Å². The van der Waals surface area contributed by atoms with E-state index in [1.165, 1.54) is 108 Å². The molecule has 1 saturated carbocycles. The smallest absolute Gasteiger partial charge is 0.142 e. The zero-order valence-electron chi connectivity index (χ0n) is 32.7. The van der Waals surface area contributed by atoms with Gasteiger partial charge < -0.3 is 9.64 Å². The van der Waals surface area contributed by atoms with E-state index in [4.69, 9.17) is 4.74 Å². The molecule has 4 atom stereocenters. The van der Waals surface area contributed by atoms with Crippen LogP contribution >= 0.6 is 0 Å². The quantitative estimate of drug-likeness (QED) is 0.237. The molecule has 5 rings (SSSR count). The van der Waals surface area contributed by atoms with Crippen LogP contribution in [0, 0.1) is 23.2 Å². The predicted octanol–water partition coefficient (Wildman–Crippen LogP) is 14.3. The van der Waals surface area contributed by atoms with Crippen molar-refractivity contribution < 1.29 is 4.74 Å². The molecule has 0 bridgehead atoms. The molecule has 1 heterocycles. The molecule has 1 aliphatic heterocycles. The van der Waals surface area contributed by atoms with Crippen LogP contribution in [0.1, 0.15) is 172 Å². The van der Waals surface area contributed by atoms with E-state index in [-0.39, 0.29) is 5.41 Å². The van der Waals surface area contributed by atoms with Gasteiger partial charge in [0.25, 0.3) is 0 Å². The van der Waals surface area contributed by atoms with Crippen LogP contribution in [0.5, 0.6) is 5.75 Å². The first-order valence-electron chi connectivity index (χ1n) is 20.0. The lowest BCUT2D eigenvalue weighted by atomic mass is 9.66. The summed E-state index contributed by atoms with van der Waals surface area (Å²) in [5.41, 5.74) is 7.14. The third-order valence-corrected chi connectivity index (χ3v) is 9.99. The van der Waals surface area contributed by atoms with Crippen molar-refractivity contribution in [1.82, 2.24) is 0 Å². The highest BCUT2D eigenvalue weighted by atomic mass is 16.5. The van der Waals surface area contributed by atoms with Crippen LogP contribution in [-0.2, 0) is 0 Å². The monoisotopic (exact) mass is 636 g/mol. The summed E-state index contributed by atoms with van der Waals surface area (Å²) in [4.78, 5) is 2.76.